The molecule has 0 spiro atoms. The highest BCUT2D eigenvalue weighted by Crippen LogP contribution is 2.25. The number of hydrogen-bond acceptors (Lipinski definition) is 4. The van der Waals surface area contributed by atoms with E-state index in [9.17, 15) is 4.79 Å². The molecule has 2 rings (SSSR count). The van der Waals surface area contributed by atoms with Crippen molar-refractivity contribution in [1.29, 1.82) is 0 Å². The molecule has 1 amide bonds. The lowest BCUT2D eigenvalue weighted by molar-refractivity contribution is 0.0953. The Morgan fingerprint density at radius 2 is 2.32 bits per heavy atom. The molecule has 0 aromatic heterocycles. The third kappa shape index (κ3) is 3.49. The van der Waals surface area contributed by atoms with Gasteiger partial charge in [-0.2, -0.15) is 11.8 Å². The first kappa shape index (κ1) is 14.4. The van der Waals surface area contributed by atoms with Gasteiger partial charge in [-0.25, -0.2) is 5.84 Å². The molecule has 0 saturated carbocycles. The Morgan fingerprint density at radius 3 is 3.05 bits per heavy atom. The minimum atomic E-state index is -0.238. The molecule has 104 valence electrons. The van der Waals surface area contributed by atoms with Crippen LogP contribution in [0.15, 0.2) is 24.3 Å². The first-order valence-corrected chi connectivity index (χ1v) is 7.62. The summed E-state index contributed by atoms with van der Waals surface area (Å²) in [5, 5.41) is 0.657. The fourth-order valence-electron chi connectivity index (χ4n) is 2.35. The maximum absolute atomic E-state index is 11.5. The summed E-state index contributed by atoms with van der Waals surface area (Å²) in [6, 6.07) is 8.23. The van der Waals surface area contributed by atoms with Crippen LogP contribution in [-0.4, -0.2) is 34.4 Å². The van der Waals surface area contributed by atoms with Crippen molar-refractivity contribution in [3.63, 3.8) is 0 Å². The van der Waals surface area contributed by atoms with Crippen LogP contribution >= 0.6 is 11.8 Å². The Morgan fingerprint density at radius 1 is 1.53 bits per heavy atom. The van der Waals surface area contributed by atoms with Crippen LogP contribution in [0.3, 0.4) is 0 Å². The average molecular weight is 279 g/mol. The molecule has 5 heteroatoms. The fraction of sp³-hybridized carbons (Fsp3) is 0.500. The molecule has 1 aromatic carbocycles. The van der Waals surface area contributed by atoms with Gasteiger partial charge in [-0.3, -0.25) is 15.1 Å². The quantitative estimate of drug-likeness (QED) is 0.501. The summed E-state index contributed by atoms with van der Waals surface area (Å²) < 4.78 is 0. The van der Waals surface area contributed by atoms with Crippen molar-refractivity contribution in [2.24, 2.45) is 5.84 Å². The van der Waals surface area contributed by atoms with E-state index in [1.807, 2.05) is 23.9 Å². The molecule has 3 N–H and O–H groups in total. The van der Waals surface area contributed by atoms with Gasteiger partial charge in [0.25, 0.3) is 5.91 Å². The van der Waals surface area contributed by atoms with Crippen molar-refractivity contribution in [1.82, 2.24) is 10.3 Å². The SMILES string of the molecule is CC1SCCN(Cc2cccc(C(=O)NN)c2)C1C. The first-order chi connectivity index (χ1) is 9.11. The van der Waals surface area contributed by atoms with E-state index in [0.717, 1.165) is 18.7 Å². The summed E-state index contributed by atoms with van der Waals surface area (Å²) in [7, 11) is 0. The molecular weight excluding hydrogens is 258 g/mol. The van der Waals surface area contributed by atoms with E-state index >= 15 is 0 Å². The Labute approximate surface area is 118 Å². The fourth-order valence-corrected chi connectivity index (χ4v) is 3.51. The zero-order chi connectivity index (χ0) is 13.8. The summed E-state index contributed by atoms with van der Waals surface area (Å²) in [6.07, 6.45) is 0. The lowest BCUT2D eigenvalue weighted by Crippen LogP contribution is -2.43. The first-order valence-electron chi connectivity index (χ1n) is 6.57. The standard InChI is InChI=1S/C14H21N3OS/c1-10-11(2)19-7-6-17(10)9-12-4-3-5-13(8-12)14(18)16-15/h3-5,8,10-11H,6-7,9,15H2,1-2H3,(H,16,18). The molecule has 1 aliphatic heterocycles. The maximum atomic E-state index is 11.5. The molecule has 19 heavy (non-hydrogen) atoms. The van der Waals surface area contributed by atoms with E-state index < -0.39 is 0 Å². The van der Waals surface area contributed by atoms with Gasteiger partial charge in [-0.1, -0.05) is 19.1 Å². The second-order valence-electron chi connectivity index (χ2n) is 4.96. The number of hydrazine groups is 1. The van der Waals surface area contributed by atoms with Crippen LogP contribution < -0.4 is 11.3 Å². The van der Waals surface area contributed by atoms with Gasteiger partial charge in [0, 0.05) is 35.7 Å². The van der Waals surface area contributed by atoms with Gasteiger partial charge in [0.05, 0.1) is 0 Å². The normalized spacial score (nSPS) is 24.2. The van der Waals surface area contributed by atoms with Gasteiger partial charge in [-0.05, 0) is 24.6 Å². The van der Waals surface area contributed by atoms with Crippen LogP contribution in [0.5, 0.6) is 0 Å². The lowest BCUT2D eigenvalue weighted by atomic mass is 10.1. The Balaban J connectivity index is 2.08. The molecule has 0 aliphatic carbocycles. The number of benzene rings is 1. The Hall–Kier alpha value is -1.04. The van der Waals surface area contributed by atoms with Crippen molar-refractivity contribution >= 4 is 17.7 Å². The average Bonchev–Trinajstić information content (AvgIpc) is 2.43. The molecule has 0 radical (unpaired) electrons. The van der Waals surface area contributed by atoms with Crippen molar-refractivity contribution in [3.05, 3.63) is 35.4 Å². The number of thioether (sulfide) groups is 1. The molecule has 1 saturated heterocycles. The predicted molar refractivity (Wildman–Crippen MR) is 79.9 cm³/mol. The minimum absolute atomic E-state index is 0.238. The van der Waals surface area contributed by atoms with E-state index in [0.29, 0.717) is 16.9 Å². The topological polar surface area (TPSA) is 58.4 Å². The highest BCUT2D eigenvalue weighted by Gasteiger charge is 2.25. The molecule has 1 aliphatic rings. The number of nitrogens with two attached hydrogens (primary N) is 1. The third-order valence-corrected chi connectivity index (χ3v) is 5.06. The van der Waals surface area contributed by atoms with Crippen molar-refractivity contribution in [2.75, 3.05) is 12.3 Å². The van der Waals surface area contributed by atoms with E-state index in [-0.39, 0.29) is 5.91 Å². The van der Waals surface area contributed by atoms with Crippen LogP contribution in [0, 0.1) is 0 Å². The molecule has 1 aromatic rings. The number of hydrogen-bond donors (Lipinski definition) is 2. The molecule has 1 heterocycles. The van der Waals surface area contributed by atoms with Gasteiger partial charge >= 0.3 is 0 Å². The molecular formula is C14H21N3OS. The molecule has 1 fully saturated rings. The predicted octanol–water partition coefficient (Wildman–Crippen LogP) is 1.62. The number of rotatable bonds is 3. The molecule has 0 bridgehead atoms. The van der Waals surface area contributed by atoms with Gasteiger partial charge in [0.2, 0.25) is 0 Å². The van der Waals surface area contributed by atoms with Crippen LogP contribution in [0.4, 0.5) is 0 Å². The largest absolute Gasteiger partial charge is 0.295 e. The minimum Gasteiger partial charge on any atom is -0.295 e. The number of amides is 1. The Bertz CT molecular complexity index is 452. The van der Waals surface area contributed by atoms with Gasteiger partial charge < -0.3 is 0 Å². The number of nitrogens with zero attached hydrogens (tertiary/aromatic N) is 1. The van der Waals surface area contributed by atoms with Gasteiger partial charge in [0.1, 0.15) is 0 Å². The zero-order valence-electron chi connectivity index (χ0n) is 11.4. The van der Waals surface area contributed by atoms with Gasteiger partial charge in [0.15, 0.2) is 0 Å². The van der Waals surface area contributed by atoms with Crippen LogP contribution in [-0.2, 0) is 6.54 Å². The molecule has 4 nitrogen and oxygen atoms in total. The zero-order valence-corrected chi connectivity index (χ0v) is 12.2. The molecule has 2 unspecified atom stereocenters. The number of nitrogen functional groups attached to an aromatic ring is 1. The maximum Gasteiger partial charge on any atom is 0.265 e. The molecule has 2 atom stereocenters. The lowest BCUT2D eigenvalue weighted by Gasteiger charge is -2.37. The van der Waals surface area contributed by atoms with Crippen LogP contribution in [0.25, 0.3) is 0 Å². The van der Waals surface area contributed by atoms with Gasteiger partial charge in [-0.15, -0.1) is 0 Å². The highest BCUT2D eigenvalue weighted by atomic mass is 32.2. The summed E-state index contributed by atoms with van der Waals surface area (Å²) in [5.41, 5.74) is 3.95. The second-order valence-corrected chi connectivity index (χ2v) is 6.45. The number of carbonyl (C=O) groups excluding carboxylic acids is 1. The van der Waals surface area contributed by atoms with Crippen molar-refractivity contribution < 1.29 is 4.79 Å². The smallest absolute Gasteiger partial charge is 0.265 e. The summed E-state index contributed by atoms with van der Waals surface area (Å²) in [6.45, 7) is 6.54. The second kappa shape index (κ2) is 6.41. The van der Waals surface area contributed by atoms with Crippen molar-refractivity contribution in [3.8, 4) is 0 Å². The number of carbonyl (C=O) groups is 1. The summed E-state index contributed by atoms with van der Waals surface area (Å²) >= 11 is 2.03. The van der Waals surface area contributed by atoms with E-state index in [1.165, 1.54) is 5.75 Å². The monoisotopic (exact) mass is 279 g/mol. The van der Waals surface area contributed by atoms with Crippen LogP contribution in [0.1, 0.15) is 29.8 Å². The highest BCUT2D eigenvalue weighted by molar-refractivity contribution is 8.00. The van der Waals surface area contributed by atoms with Crippen LogP contribution in [0.2, 0.25) is 0 Å². The third-order valence-electron chi connectivity index (χ3n) is 3.72. The van der Waals surface area contributed by atoms with Crippen molar-refractivity contribution in [2.45, 2.75) is 31.7 Å². The van der Waals surface area contributed by atoms with E-state index in [4.69, 9.17) is 5.84 Å². The Kier molecular flexibility index (Phi) is 4.85. The van der Waals surface area contributed by atoms with E-state index in [1.54, 1.807) is 6.07 Å². The number of nitrogens with one attached hydrogen (secondary N) is 1. The van der Waals surface area contributed by atoms with E-state index in [2.05, 4.69) is 30.2 Å². The summed E-state index contributed by atoms with van der Waals surface area (Å²) in [5.74, 6) is 6.10. The summed E-state index contributed by atoms with van der Waals surface area (Å²) in [4.78, 5) is 14.0.